The molecule has 1 saturated heterocycles. The molecule has 1 heterocycles. The number of nitrogens with zero attached hydrogens (tertiary/aromatic N) is 1. The fraction of sp³-hybridized carbons (Fsp3) is 1.00. The summed E-state index contributed by atoms with van der Waals surface area (Å²) in [7, 11) is 0. The summed E-state index contributed by atoms with van der Waals surface area (Å²) in [5, 5.41) is 3.41. The lowest BCUT2D eigenvalue weighted by molar-refractivity contribution is -0.00340. The maximum atomic E-state index is 5.53. The van der Waals surface area contributed by atoms with Crippen LogP contribution >= 0.6 is 11.8 Å². The zero-order valence-electron chi connectivity index (χ0n) is 10.00. The lowest BCUT2D eigenvalue weighted by Gasteiger charge is -2.35. The molecule has 1 rings (SSSR count). The summed E-state index contributed by atoms with van der Waals surface area (Å²) in [5.41, 5.74) is 0. The van der Waals surface area contributed by atoms with E-state index >= 15 is 0 Å². The predicted octanol–water partition coefficient (Wildman–Crippen LogP) is 1.05. The van der Waals surface area contributed by atoms with E-state index in [9.17, 15) is 0 Å². The van der Waals surface area contributed by atoms with Crippen LogP contribution in [0.5, 0.6) is 0 Å². The van der Waals surface area contributed by atoms with Crippen molar-refractivity contribution in [3.05, 3.63) is 0 Å². The number of likely N-dealkylation sites (N-methyl/N-ethyl adjacent to an activating group) is 1. The van der Waals surface area contributed by atoms with Gasteiger partial charge in [-0.15, -0.1) is 0 Å². The highest BCUT2D eigenvalue weighted by atomic mass is 32.2. The van der Waals surface area contributed by atoms with Crippen molar-refractivity contribution in [2.45, 2.75) is 19.9 Å². The zero-order valence-corrected chi connectivity index (χ0v) is 10.8. The number of hydrogen-bond donors (Lipinski definition) is 1. The van der Waals surface area contributed by atoms with E-state index in [4.69, 9.17) is 4.74 Å². The highest BCUT2D eigenvalue weighted by Crippen LogP contribution is 2.08. The SMILES string of the molecule is CCNCC1COCCN1CCSCC. The molecule has 0 aromatic carbocycles. The Morgan fingerprint density at radius 1 is 1.47 bits per heavy atom. The van der Waals surface area contributed by atoms with Gasteiger partial charge in [0.15, 0.2) is 0 Å². The lowest BCUT2D eigenvalue weighted by Crippen LogP contribution is -2.51. The van der Waals surface area contributed by atoms with E-state index in [1.54, 1.807) is 0 Å². The van der Waals surface area contributed by atoms with E-state index in [1.165, 1.54) is 18.1 Å². The first-order valence-corrected chi connectivity index (χ1v) is 7.14. The van der Waals surface area contributed by atoms with Gasteiger partial charge in [-0.05, 0) is 12.3 Å². The fourth-order valence-corrected chi connectivity index (χ4v) is 2.46. The molecular weight excluding hydrogens is 208 g/mol. The molecule has 0 radical (unpaired) electrons. The van der Waals surface area contributed by atoms with Crippen molar-refractivity contribution >= 4 is 11.8 Å². The summed E-state index contributed by atoms with van der Waals surface area (Å²) in [6, 6.07) is 0.580. The number of rotatable bonds is 7. The normalized spacial score (nSPS) is 23.2. The van der Waals surface area contributed by atoms with E-state index in [0.717, 1.165) is 32.8 Å². The number of thioether (sulfide) groups is 1. The van der Waals surface area contributed by atoms with Gasteiger partial charge < -0.3 is 10.1 Å². The molecular formula is C11H24N2OS. The van der Waals surface area contributed by atoms with E-state index in [0.29, 0.717) is 6.04 Å². The average molecular weight is 232 g/mol. The van der Waals surface area contributed by atoms with Crippen LogP contribution in [0.3, 0.4) is 0 Å². The molecule has 1 aliphatic rings. The van der Waals surface area contributed by atoms with Gasteiger partial charge in [-0.25, -0.2) is 0 Å². The largest absolute Gasteiger partial charge is 0.378 e. The molecule has 0 amide bonds. The molecule has 90 valence electrons. The van der Waals surface area contributed by atoms with Gasteiger partial charge >= 0.3 is 0 Å². The number of hydrogen-bond acceptors (Lipinski definition) is 4. The topological polar surface area (TPSA) is 24.5 Å². The molecule has 0 spiro atoms. The van der Waals surface area contributed by atoms with E-state index in [1.807, 2.05) is 11.8 Å². The van der Waals surface area contributed by atoms with Crippen LogP contribution in [-0.2, 0) is 4.74 Å². The molecule has 1 unspecified atom stereocenters. The zero-order chi connectivity index (χ0) is 10.9. The van der Waals surface area contributed by atoms with Gasteiger partial charge in [0.2, 0.25) is 0 Å². The summed E-state index contributed by atoms with van der Waals surface area (Å²) >= 11 is 2.02. The molecule has 1 N–H and O–H groups in total. The fourth-order valence-electron chi connectivity index (χ4n) is 1.81. The molecule has 1 atom stereocenters. The van der Waals surface area contributed by atoms with Crippen molar-refractivity contribution in [1.82, 2.24) is 10.2 Å². The maximum Gasteiger partial charge on any atom is 0.0634 e. The molecule has 15 heavy (non-hydrogen) atoms. The second-order valence-corrected chi connectivity index (χ2v) is 5.16. The van der Waals surface area contributed by atoms with Gasteiger partial charge in [0.05, 0.1) is 13.2 Å². The second kappa shape index (κ2) is 8.39. The minimum atomic E-state index is 0.580. The van der Waals surface area contributed by atoms with Crippen molar-refractivity contribution in [3.8, 4) is 0 Å². The van der Waals surface area contributed by atoms with Crippen molar-refractivity contribution in [3.63, 3.8) is 0 Å². The highest BCUT2D eigenvalue weighted by Gasteiger charge is 2.21. The monoisotopic (exact) mass is 232 g/mol. The summed E-state index contributed by atoms with van der Waals surface area (Å²) in [4.78, 5) is 2.56. The van der Waals surface area contributed by atoms with Gasteiger partial charge in [-0.1, -0.05) is 13.8 Å². The lowest BCUT2D eigenvalue weighted by atomic mass is 10.2. The van der Waals surface area contributed by atoms with Gasteiger partial charge in [0, 0.05) is 31.4 Å². The minimum absolute atomic E-state index is 0.580. The van der Waals surface area contributed by atoms with Gasteiger partial charge in [-0.3, -0.25) is 4.90 Å². The smallest absolute Gasteiger partial charge is 0.0634 e. The van der Waals surface area contributed by atoms with Crippen LogP contribution in [0.15, 0.2) is 0 Å². The molecule has 1 fully saturated rings. The van der Waals surface area contributed by atoms with Gasteiger partial charge in [0.25, 0.3) is 0 Å². The molecule has 0 aromatic rings. The molecule has 0 bridgehead atoms. The summed E-state index contributed by atoms with van der Waals surface area (Å²) in [6.07, 6.45) is 0. The first-order valence-electron chi connectivity index (χ1n) is 5.98. The maximum absolute atomic E-state index is 5.53. The van der Waals surface area contributed by atoms with Crippen molar-refractivity contribution < 1.29 is 4.74 Å². The number of morpholine rings is 1. The Morgan fingerprint density at radius 2 is 2.33 bits per heavy atom. The first kappa shape index (κ1) is 13.3. The van der Waals surface area contributed by atoms with Crippen LogP contribution in [0.1, 0.15) is 13.8 Å². The predicted molar refractivity (Wildman–Crippen MR) is 67.7 cm³/mol. The third-order valence-electron chi connectivity index (χ3n) is 2.71. The van der Waals surface area contributed by atoms with Gasteiger partial charge in [-0.2, -0.15) is 11.8 Å². The minimum Gasteiger partial charge on any atom is -0.378 e. The Bertz CT molecular complexity index is 158. The Morgan fingerprint density at radius 3 is 3.07 bits per heavy atom. The third kappa shape index (κ3) is 5.20. The average Bonchev–Trinajstić information content (AvgIpc) is 2.28. The Balaban J connectivity index is 2.22. The quantitative estimate of drug-likeness (QED) is 0.663. The summed E-state index contributed by atoms with van der Waals surface area (Å²) < 4.78 is 5.53. The molecule has 0 saturated carbocycles. The molecule has 0 aliphatic carbocycles. The van der Waals surface area contributed by atoms with Crippen LogP contribution in [0.25, 0.3) is 0 Å². The Hall–Kier alpha value is 0.230. The number of ether oxygens (including phenoxy) is 1. The third-order valence-corrected chi connectivity index (χ3v) is 3.59. The van der Waals surface area contributed by atoms with Crippen molar-refractivity contribution in [1.29, 1.82) is 0 Å². The Kier molecular flexibility index (Phi) is 7.44. The molecule has 3 nitrogen and oxygen atoms in total. The second-order valence-electron chi connectivity index (χ2n) is 3.77. The standard InChI is InChI=1S/C11H24N2OS/c1-3-12-9-11-10-14-7-5-13(11)6-8-15-4-2/h11-12H,3-10H2,1-2H3. The molecule has 1 aliphatic heterocycles. The number of nitrogens with one attached hydrogen (secondary N) is 1. The highest BCUT2D eigenvalue weighted by molar-refractivity contribution is 7.99. The van der Waals surface area contributed by atoms with Crippen molar-refractivity contribution in [2.24, 2.45) is 0 Å². The van der Waals surface area contributed by atoms with Crippen LogP contribution in [0.2, 0.25) is 0 Å². The van der Waals surface area contributed by atoms with Crippen LogP contribution < -0.4 is 5.32 Å². The van der Waals surface area contributed by atoms with Crippen LogP contribution in [-0.4, -0.2) is 61.8 Å². The summed E-state index contributed by atoms with van der Waals surface area (Å²) in [5.74, 6) is 2.47. The summed E-state index contributed by atoms with van der Waals surface area (Å²) in [6.45, 7) is 10.6. The van der Waals surface area contributed by atoms with Crippen LogP contribution in [0.4, 0.5) is 0 Å². The van der Waals surface area contributed by atoms with E-state index in [-0.39, 0.29) is 0 Å². The first-order chi connectivity index (χ1) is 7.38. The molecule has 4 heteroatoms. The molecule has 0 aromatic heterocycles. The van der Waals surface area contributed by atoms with E-state index in [2.05, 4.69) is 24.1 Å². The van der Waals surface area contributed by atoms with E-state index < -0.39 is 0 Å². The van der Waals surface area contributed by atoms with Gasteiger partial charge in [0.1, 0.15) is 0 Å². The Labute approximate surface area is 97.9 Å². The van der Waals surface area contributed by atoms with Crippen LogP contribution in [0, 0.1) is 0 Å². The van der Waals surface area contributed by atoms with Crippen molar-refractivity contribution in [2.75, 3.05) is 50.9 Å².